The number of ether oxygens (including phenoxy) is 1. The molecule has 6 nitrogen and oxygen atoms in total. The van der Waals surface area contributed by atoms with Gasteiger partial charge in [-0.05, 0) is 30.0 Å². The van der Waals surface area contributed by atoms with Crippen LogP contribution < -0.4 is 4.74 Å². The zero-order valence-electron chi connectivity index (χ0n) is 13.2. The molecule has 2 heterocycles. The molecule has 2 aromatic heterocycles. The SMILES string of the molecule is CCSc1nncn1/N=C\c1ccc(COc2ccc(Cl)c(Cl)c2)o1. The van der Waals surface area contributed by atoms with Gasteiger partial charge >= 0.3 is 0 Å². The second-order valence-corrected chi connectivity index (χ2v) is 6.85. The van der Waals surface area contributed by atoms with E-state index in [0.717, 1.165) is 10.9 Å². The summed E-state index contributed by atoms with van der Waals surface area (Å²) in [7, 11) is 0. The second-order valence-electron chi connectivity index (χ2n) is 4.80. The molecule has 0 atom stereocenters. The van der Waals surface area contributed by atoms with E-state index < -0.39 is 0 Å². The molecule has 0 unspecified atom stereocenters. The van der Waals surface area contributed by atoms with Crippen LogP contribution in [0.5, 0.6) is 5.75 Å². The van der Waals surface area contributed by atoms with E-state index in [1.807, 2.05) is 19.1 Å². The predicted molar refractivity (Wildman–Crippen MR) is 98.9 cm³/mol. The van der Waals surface area contributed by atoms with E-state index >= 15 is 0 Å². The van der Waals surface area contributed by atoms with Crippen molar-refractivity contribution >= 4 is 41.2 Å². The van der Waals surface area contributed by atoms with Crippen LogP contribution in [-0.4, -0.2) is 26.8 Å². The van der Waals surface area contributed by atoms with E-state index in [1.165, 1.54) is 0 Å². The summed E-state index contributed by atoms with van der Waals surface area (Å²) in [6.07, 6.45) is 3.15. The molecule has 3 aromatic rings. The maximum absolute atomic E-state index is 5.96. The Morgan fingerprint density at radius 1 is 1.28 bits per heavy atom. The largest absolute Gasteiger partial charge is 0.486 e. The summed E-state index contributed by atoms with van der Waals surface area (Å²) in [5.41, 5.74) is 0. The molecular formula is C16H14Cl2N4O2S. The van der Waals surface area contributed by atoms with Crippen LogP contribution in [0.2, 0.25) is 10.0 Å². The van der Waals surface area contributed by atoms with E-state index in [9.17, 15) is 0 Å². The minimum atomic E-state index is 0.273. The molecule has 25 heavy (non-hydrogen) atoms. The van der Waals surface area contributed by atoms with Crippen molar-refractivity contribution in [3.8, 4) is 5.75 Å². The number of thioether (sulfide) groups is 1. The maximum Gasteiger partial charge on any atom is 0.211 e. The molecule has 0 aliphatic rings. The lowest BCUT2D eigenvalue weighted by Gasteiger charge is -2.05. The number of nitrogens with zero attached hydrogens (tertiary/aromatic N) is 4. The third-order valence-electron chi connectivity index (χ3n) is 3.04. The minimum Gasteiger partial charge on any atom is -0.486 e. The molecule has 3 rings (SSSR count). The summed E-state index contributed by atoms with van der Waals surface area (Å²) >= 11 is 13.4. The summed E-state index contributed by atoms with van der Waals surface area (Å²) in [5.74, 6) is 2.78. The van der Waals surface area contributed by atoms with Gasteiger partial charge in [0.25, 0.3) is 0 Å². The van der Waals surface area contributed by atoms with Gasteiger partial charge in [0.05, 0.1) is 16.3 Å². The van der Waals surface area contributed by atoms with Gasteiger partial charge in [-0.15, -0.1) is 10.2 Å². The Kier molecular flexibility index (Phi) is 6.01. The van der Waals surface area contributed by atoms with Gasteiger partial charge in [0.1, 0.15) is 30.2 Å². The van der Waals surface area contributed by atoms with E-state index in [4.69, 9.17) is 32.4 Å². The zero-order valence-corrected chi connectivity index (χ0v) is 15.6. The standard InChI is InChI=1S/C16H14Cl2N4O2S/c1-2-25-16-21-19-10-22(16)20-8-12-3-4-13(24-12)9-23-11-5-6-14(17)15(18)7-11/h3-8,10H,2,9H2,1H3/b20-8-. The number of hydrogen-bond donors (Lipinski definition) is 0. The van der Waals surface area contributed by atoms with Crippen molar-refractivity contribution in [2.75, 3.05) is 5.75 Å². The third kappa shape index (κ3) is 4.78. The Bertz CT molecular complexity index is 879. The first kappa shape index (κ1) is 17.8. The summed E-state index contributed by atoms with van der Waals surface area (Å²) < 4.78 is 12.9. The van der Waals surface area contributed by atoms with Gasteiger partial charge in [0.2, 0.25) is 5.16 Å². The molecule has 0 amide bonds. The fourth-order valence-electron chi connectivity index (χ4n) is 1.90. The van der Waals surface area contributed by atoms with Gasteiger partial charge in [0, 0.05) is 6.07 Å². The highest BCUT2D eigenvalue weighted by Gasteiger charge is 2.05. The molecule has 0 radical (unpaired) electrons. The monoisotopic (exact) mass is 396 g/mol. The summed E-state index contributed by atoms with van der Waals surface area (Å²) in [4.78, 5) is 0. The first-order valence-electron chi connectivity index (χ1n) is 7.39. The van der Waals surface area contributed by atoms with Crippen molar-refractivity contribution < 1.29 is 9.15 Å². The Balaban J connectivity index is 1.61. The van der Waals surface area contributed by atoms with Crippen LogP contribution in [0.3, 0.4) is 0 Å². The number of halogens is 2. The van der Waals surface area contributed by atoms with Crippen LogP contribution in [0.4, 0.5) is 0 Å². The zero-order chi connectivity index (χ0) is 17.6. The highest BCUT2D eigenvalue weighted by atomic mass is 35.5. The smallest absolute Gasteiger partial charge is 0.211 e. The molecule has 0 fully saturated rings. The van der Waals surface area contributed by atoms with Gasteiger partial charge in [-0.25, -0.2) is 0 Å². The van der Waals surface area contributed by atoms with Crippen molar-refractivity contribution in [2.24, 2.45) is 5.10 Å². The van der Waals surface area contributed by atoms with Gasteiger partial charge in [-0.3, -0.25) is 0 Å². The number of rotatable bonds is 7. The first-order valence-corrected chi connectivity index (χ1v) is 9.13. The Labute approximate surface area is 158 Å². The van der Waals surface area contributed by atoms with E-state index in [2.05, 4.69) is 15.3 Å². The molecule has 0 spiro atoms. The van der Waals surface area contributed by atoms with Gasteiger partial charge in [-0.1, -0.05) is 41.9 Å². The molecule has 0 saturated carbocycles. The Morgan fingerprint density at radius 2 is 2.16 bits per heavy atom. The number of hydrogen-bond acceptors (Lipinski definition) is 6. The van der Waals surface area contributed by atoms with Crippen molar-refractivity contribution in [3.63, 3.8) is 0 Å². The minimum absolute atomic E-state index is 0.273. The van der Waals surface area contributed by atoms with Crippen LogP contribution in [0.1, 0.15) is 18.4 Å². The van der Waals surface area contributed by atoms with E-state index in [0.29, 0.717) is 27.3 Å². The van der Waals surface area contributed by atoms with E-state index in [1.54, 1.807) is 47.2 Å². The molecule has 0 N–H and O–H groups in total. The topological polar surface area (TPSA) is 65.4 Å². The molecule has 1 aromatic carbocycles. The van der Waals surface area contributed by atoms with E-state index in [-0.39, 0.29) is 6.61 Å². The number of aromatic nitrogens is 3. The highest BCUT2D eigenvalue weighted by molar-refractivity contribution is 7.99. The van der Waals surface area contributed by atoms with Gasteiger partial charge in [0.15, 0.2) is 0 Å². The van der Waals surface area contributed by atoms with Crippen molar-refractivity contribution in [1.29, 1.82) is 0 Å². The summed E-state index contributed by atoms with van der Waals surface area (Å²) in [6.45, 7) is 2.31. The molecule has 0 aliphatic carbocycles. The Morgan fingerprint density at radius 3 is 2.96 bits per heavy atom. The average molecular weight is 397 g/mol. The number of furan rings is 1. The lowest BCUT2D eigenvalue weighted by atomic mass is 10.3. The first-order chi connectivity index (χ1) is 12.2. The van der Waals surface area contributed by atoms with Gasteiger partial charge in [-0.2, -0.15) is 9.78 Å². The van der Waals surface area contributed by atoms with Crippen molar-refractivity contribution in [3.05, 3.63) is 58.2 Å². The average Bonchev–Trinajstić information content (AvgIpc) is 3.24. The maximum atomic E-state index is 5.96. The molecular weight excluding hydrogens is 383 g/mol. The fourth-order valence-corrected chi connectivity index (χ4v) is 2.78. The quantitative estimate of drug-likeness (QED) is 0.425. The Hall–Kier alpha value is -1.96. The van der Waals surface area contributed by atoms with Crippen LogP contribution in [-0.2, 0) is 6.61 Å². The molecule has 130 valence electrons. The third-order valence-corrected chi connectivity index (χ3v) is 4.59. The number of benzene rings is 1. The predicted octanol–water partition coefficient (Wildman–Crippen LogP) is 4.75. The summed E-state index contributed by atoms with van der Waals surface area (Å²) in [6, 6.07) is 8.73. The van der Waals surface area contributed by atoms with Crippen molar-refractivity contribution in [1.82, 2.24) is 14.9 Å². The lowest BCUT2D eigenvalue weighted by Crippen LogP contribution is -1.94. The second kappa shape index (κ2) is 8.42. The van der Waals surface area contributed by atoms with Crippen LogP contribution >= 0.6 is 35.0 Å². The van der Waals surface area contributed by atoms with Crippen LogP contribution in [0.25, 0.3) is 0 Å². The highest BCUT2D eigenvalue weighted by Crippen LogP contribution is 2.26. The molecule has 0 bridgehead atoms. The fraction of sp³-hybridized carbons (Fsp3) is 0.188. The van der Waals surface area contributed by atoms with Gasteiger partial charge < -0.3 is 9.15 Å². The normalized spacial score (nSPS) is 11.3. The van der Waals surface area contributed by atoms with Crippen LogP contribution in [0, 0.1) is 0 Å². The van der Waals surface area contributed by atoms with Crippen LogP contribution in [0.15, 0.2) is 51.3 Å². The van der Waals surface area contributed by atoms with Crippen molar-refractivity contribution in [2.45, 2.75) is 18.7 Å². The summed E-state index contributed by atoms with van der Waals surface area (Å²) in [5, 5.41) is 13.8. The molecule has 0 saturated heterocycles. The molecule has 0 aliphatic heterocycles. The lowest BCUT2D eigenvalue weighted by molar-refractivity contribution is 0.270. The molecule has 9 heteroatoms.